The summed E-state index contributed by atoms with van der Waals surface area (Å²) in [5.74, 6) is 0. The Morgan fingerprint density at radius 1 is 1.14 bits per heavy atom. The molecule has 3 unspecified atom stereocenters. The van der Waals surface area contributed by atoms with Gasteiger partial charge in [0.05, 0.1) is 6.10 Å². The molecule has 1 saturated carbocycles. The number of hydrogen-bond acceptors (Lipinski definition) is 3. The van der Waals surface area contributed by atoms with Gasteiger partial charge in [0.2, 0.25) is 0 Å². The highest BCUT2D eigenvalue weighted by atomic mass is 16.3. The standard InChI is InChI=1S/C18H30N2O/c1-3-20(4-2)17(15-10-6-5-7-11-15)14-19-16-12-8-9-13-18(16)21/h5-7,10-11,16-19,21H,3-4,8-9,12-14H2,1-2H3. The molecule has 0 amide bonds. The second-order valence-corrected chi connectivity index (χ2v) is 6.01. The van der Waals surface area contributed by atoms with E-state index in [-0.39, 0.29) is 12.1 Å². The summed E-state index contributed by atoms with van der Waals surface area (Å²) in [6.45, 7) is 7.44. The van der Waals surface area contributed by atoms with Crippen LogP contribution in [-0.2, 0) is 0 Å². The maximum atomic E-state index is 10.1. The minimum Gasteiger partial charge on any atom is -0.392 e. The van der Waals surface area contributed by atoms with Crippen LogP contribution < -0.4 is 5.32 Å². The van der Waals surface area contributed by atoms with Crippen LogP contribution in [0.2, 0.25) is 0 Å². The number of aliphatic hydroxyl groups excluding tert-OH is 1. The average Bonchev–Trinajstić information content (AvgIpc) is 2.54. The van der Waals surface area contributed by atoms with Crippen LogP contribution in [0.3, 0.4) is 0 Å². The Morgan fingerprint density at radius 3 is 2.43 bits per heavy atom. The van der Waals surface area contributed by atoms with Crippen LogP contribution in [0.25, 0.3) is 0 Å². The van der Waals surface area contributed by atoms with E-state index in [0.29, 0.717) is 6.04 Å². The lowest BCUT2D eigenvalue weighted by molar-refractivity contribution is 0.0848. The lowest BCUT2D eigenvalue weighted by Gasteiger charge is -2.34. The van der Waals surface area contributed by atoms with Crippen LogP contribution >= 0.6 is 0 Å². The van der Waals surface area contributed by atoms with Crippen LogP contribution in [0.5, 0.6) is 0 Å². The molecule has 2 N–H and O–H groups in total. The van der Waals surface area contributed by atoms with Crippen LogP contribution in [0, 0.1) is 0 Å². The van der Waals surface area contributed by atoms with E-state index in [1.54, 1.807) is 0 Å². The molecular formula is C18H30N2O. The van der Waals surface area contributed by atoms with E-state index in [1.165, 1.54) is 12.0 Å². The number of likely N-dealkylation sites (N-methyl/N-ethyl adjacent to an activating group) is 1. The molecule has 3 atom stereocenters. The van der Waals surface area contributed by atoms with Gasteiger partial charge in [-0.2, -0.15) is 0 Å². The van der Waals surface area contributed by atoms with E-state index in [1.807, 2.05) is 0 Å². The molecule has 0 radical (unpaired) electrons. The summed E-state index contributed by atoms with van der Waals surface area (Å²) in [5, 5.41) is 13.8. The van der Waals surface area contributed by atoms with Gasteiger partial charge >= 0.3 is 0 Å². The van der Waals surface area contributed by atoms with E-state index < -0.39 is 0 Å². The molecule has 0 bridgehead atoms. The molecule has 0 aromatic heterocycles. The van der Waals surface area contributed by atoms with Gasteiger partial charge in [-0.1, -0.05) is 57.0 Å². The molecule has 1 fully saturated rings. The molecule has 1 aliphatic rings. The van der Waals surface area contributed by atoms with Crippen LogP contribution in [0.4, 0.5) is 0 Å². The van der Waals surface area contributed by atoms with Crippen molar-refractivity contribution in [1.29, 1.82) is 0 Å². The molecule has 2 rings (SSSR count). The Kier molecular flexibility index (Phi) is 6.68. The third-order valence-electron chi connectivity index (χ3n) is 4.74. The van der Waals surface area contributed by atoms with Crippen molar-refractivity contribution in [3.8, 4) is 0 Å². The molecule has 0 aliphatic heterocycles. The number of rotatable bonds is 7. The van der Waals surface area contributed by atoms with Crippen molar-refractivity contribution in [2.24, 2.45) is 0 Å². The van der Waals surface area contributed by atoms with Crippen molar-refractivity contribution >= 4 is 0 Å². The van der Waals surface area contributed by atoms with Gasteiger partial charge in [0.1, 0.15) is 0 Å². The lowest BCUT2D eigenvalue weighted by atomic mass is 9.92. The van der Waals surface area contributed by atoms with E-state index in [4.69, 9.17) is 0 Å². The monoisotopic (exact) mass is 290 g/mol. The number of nitrogens with zero attached hydrogens (tertiary/aromatic N) is 1. The number of nitrogens with one attached hydrogen (secondary N) is 1. The highest BCUT2D eigenvalue weighted by Gasteiger charge is 2.25. The Morgan fingerprint density at radius 2 is 1.81 bits per heavy atom. The van der Waals surface area contributed by atoms with Gasteiger partial charge in [0, 0.05) is 18.6 Å². The first-order valence-electron chi connectivity index (χ1n) is 8.46. The number of benzene rings is 1. The summed E-state index contributed by atoms with van der Waals surface area (Å²) < 4.78 is 0. The molecule has 0 saturated heterocycles. The molecule has 0 heterocycles. The van der Waals surface area contributed by atoms with Gasteiger partial charge in [-0.3, -0.25) is 4.90 Å². The fourth-order valence-corrected chi connectivity index (χ4v) is 3.41. The highest BCUT2D eigenvalue weighted by Crippen LogP contribution is 2.22. The van der Waals surface area contributed by atoms with Crippen molar-refractivity contribution in [3.63, 3.8) is 0 Å². The van der Waals surface area contributed by atoms with Gasteiger partial charge in [-0.15, -0.1) is 0 Å². The smallest absolute Gasteiger partial charge is 0.0693 e. The molecule has 0 spiro atoms. The number of aliphatic hydroxyl groups is 1. The quantitative estimate of drug-likeness (QED) is 0.810. The largest absolute Gasteiger partial charge is 0.392 e. The second-order valence-electron chi connectivity index (χ2n) is 6.01. The topological polar surface area (TPSA) is 35.5 Å². The van der Waals surface area contributed by atoms with Crippen molar-refractivity contribution in [3.05, 3.63) is 35.9 Å². The summed E-state index contributed by atoms with van der Waals surface area (Å²) in [6.07, 6.45) is 4.26. The van der Waals surface area contributed by atoms with Gasteiger partial charge in [0.15, 0.2) is 0 Å². The van der Waals surface area contributed by atoms with Crippen molar-refractivity contribution in [2.45, 2.75) is 57.7 Å². The highest BCUT2D eigenvalue weighted by molar-refractivity contribution is 5.19. The Bertz CT molecular complexity index is 391. The first-order valence-corrected chi connectivity index (χ1v) is 8.46. The predicted octanol–water partition coefficient (Wildman–Crippen LogP) is 2.96. The molecular weight excluding hydrogens is 260 g/mol. The zero-order valence-corrected chi connectivity index (χ0v) is 13.5. The summed E-state index contributed by atoms with van der Waals surface area (Å²) in [6, 6.07) is 11.4. The van der Waals surface area contributed by atoms with E-state index >= 15 is 0 Å². The fourth-order valence-electron chi connectivity index (χ4n) is 3.41. The Hall–Kier alpha value is -0.900. The van der Waals surface area contributed by atoms with Gasteiger partial charge in [0.25, 0.3) is 0 Å². The molecule has 118 valence electrons. The summed E-state index contributed by atoms with van der Waals surface area (Å²) in [4.78, 5) is 2.48. The third kappa shape index (κ3) is 4.53. The van der Waals surface area contributed by atoms with E-state index in [0.717, 1.165) is 38.9 Å². The van der Waals surface area contributed by atoms with Gasteiger partial charge in [-0.25, -0.2) is 0 Å². The molecule has 3 heteroatoms. The zero-order chi connectivity index (χ0) is 15.1. The summed E-state index contributed by atoms with van der Waals surface area (Å²) >= 11 is 0. The summed E-state index contributed by atoms with van der Waals surface area (Å²) in [7, 11) is 0. The summed E-state index contributed by atoms with van der Waals surface area (Å²) in [5.41, 5.74) is 1.36. The predicted molar refractivity (Wildman–Crippen MR) is 88.4 cm³/mol. The van der Waals surface area contributed by atoms with Crippen LogP contribution in [0.1, 0.15) is 51.1 Å². The van der Waals surface area contributed by atoms with E-state index in [2.05, 4.69) is 54.4 Å². The van der Waals surface area contributed by atoms with E-state index in [9.17, 15) is 5.11 Å². The maximum Gasteiger partial charge on any atom is 0.0693 e. The van der Waals surface area contributed by atoms with Gasteiger partial charge in [-0.05, 0) is 31.5 Å². The lowest BCUT2D eigenvalue weighted by Crippen LogP contribution is -2.46. The fraction of sp³-hybridized carbons (Fsp3) is 0.667. The van der Waals surface area contributed by atoms with Crippen molar-refractivity contribution in [2.75, 3.05) is 19.6 Å². The minimum atomic E-state index is -0.174. The normalized spacial score (nSPS) is 24.2. The SMILES string of the molecule is CCN(CC)C(CNC1CCCCC1O)c1ccccc1. The third-order valence-corrected chi connectivity index (χ3v) is 4.74. The van der Waals surface area contributed by atoms with Gasteiger partial charge < -0.3 is 10.4 Å². The molecule has 1 aromatic rings. The molecule has 1 aromatic carbocycles. The first kappa shape index (κ1) is 16.5. The van der Waals surface area contributed by atoms with Crippen molar-refractivity contribution in [1.82, 2.24) is 10.2 Å². The Balaban J connectivity index is 2.02. The molecule has 3 nitrogen and oxygen atoms in total. The molecule has 21 heavy (non-hydrogen) atoms. The maximum absolute atomic E-state index is 10.1. The van der Waals surface area contributed by atoms with Crippen molar-refractivity contribution < 1.29 is 5.11 Å². The first-order chi connectivity index (χ1) is 10.3. The second kappa shape index (κ2) is 8.52. The Labute approximate surface area is 129 Å². The zero-order valence-electron chi connectivity index (χ0n) is 13.5. The van der Waals surface area contributed by atoms with Crippen LogP contribution in [-0.4, -0.2) is 41.8 Å². The minimum absolute atomic E-state index is 0.174. The van der Waals surface area contributed by atoms with Crippen LogP contribution in [0.15, 0.2) is 30.3 Å². The number of hydrogen-bond donors (Lipinski definition) is 2. The average molecular weight is 290 g/mol. The molecule has 1 aliphatic carbocycles.